The van der Waals surface area contributed by atoms with Crippen LogP contribution in [0.25, 0.3) is 0 Å². The van der Waals surface area contributed by atoms with Gasteiger partial charge >= 0.3 is 5.97 Å². The lowest BCUT2D eigenvalue weighted by Gasteiger charge is -2.34. The summed E-state index contributed by atoms with van der Waals surface area (Å²) in [4.78, 5) is 13.1. The number of aromatic nitrogens is 3. The van der Waals surface area contributed by atoms with Gasteiger partial charge in [0.05, 0.1) is 12.7 Å². The number of nitrogens with zero attached hydrogens (tertiary/aromatic N) is 4. The highest BCUT2D eigenvalue weighted by atomic mass is 32.2. The van der Waals surface area contributed by atoms with Gasteiger partial charge in [-0.15, -0.1) is 5.10 Å². The molecule has 1 aliphatic rings. The Morgan fingerprint density at radius 2 is 2.11 bits per heavy atom. The summed E-state index contributed by atoms with van der Waals surface area (Å²) >= 11 is 2.02. The quantitative estimate of drug-likeness (QED) is 0.872. The second-order valence-electron chi connectivity index (χ2n) is 4.69. The highest BCUT2D eigenvalue weighted by Gasteiger charge is 2.21. The monoisotopic (exact) mass is 270 g/mol. The fourth-order valence-electron chi connectivity index (χ4n) is 2.22. The van der Waals surface area contributed by atoms with E-state index < -0.39 is 5.97 Å². The molecule has 0 aliphatic carbocycles. The largest absolute Gasteiger partial charge is 0.476 e. The second kappa shape index (κ2) is 5.71. The van der Waals surface area contributed by atoms with Gasteiger partial charge in [-0.3, -0.25) is 9.58 Å². The maximum Gasteiger partial charge on any atom is 0.358 e. The summed E-state index contributed by atoms with van der Waals surface area (Å²) in [5, 5.41) is 17.5. The highest BCUT2D eigenvalue weighted by Crippen LogP contribution is 2.24. The zero-order valence-electron chi connectivity index (χ0n) is 10.6. The number of hydrogen-bond donors (Lipinski definition) is 1. The number of carbonyl (C=O) groups is 1. The molecule has 2 heterocycles. The van der Waals surface area contributed by atoms with Crippen molar-refractivity contribution in [3.63, 3.8) is 0 Å². The molecular weight excluding hydrogens is 252 g/mol. The van der Waals surface area contributed by atoms with Crippen LogP contribution < -0.4 is 0 Å². The van der Waals surface area contributed by atoms with Gasteiger partial charge in [-0.05, 0) is 0 Å². The van der Waals surface area contributed by atoms with Crippen molar-refractivity contribution in [2.75, 3.05) is 19.6 Å². The lowest BCUT2D eigenvalue weighted by atomic mass is 10.3. The molecule has 0 amide bonds. The number of hydrogen-bond acceptors (Lipinski definition) is 5. The molecule has 0 aromatic carbocycles. The Morgan fingerprint density at radius 3 is 2.67 bits per heavy atom. The van der Waals surface area contributed by atoms with Gasteiger partial charge in [-0.1, -0.05) is 19.1 Å². The van der Waals surface area contributed by atoms with Gasteiger partial charge in [0.15, 0.2) is 5.69 Å². The lowest BCUT2D eigenvalue weighted by Crippen LogP contribution is -2.41. The van der Waals surface area contributed by atoms with E-state index in [9.17, 15) is 4.79 Å². The fourth-order valence-corrected chi connectivity index (χ4v) is 3.60. The first-order chi connectivity index (χ1) is 8.54. The Labute approximate surface area is 110 Å². The van der Waals surface area contributed by atoms with E-state index >= 15 is 0 Å². The molecular formula is C11H18N4O2S. The van der Waals surface area contributed by atoms with E-state index in [0.29, 0.717) is 17.0 Å². The third-order valence-electron chi connectivity index (χ3n) is 2.90. The summed E-state index contributed by atoms with van der Waals surface area (Å²) in [6, 6.07) is 0. The van der Waals surface area contributed by atoms with Crippen LogP contribution in [-0.2, 0) is 6.54 Å². The van der Waals surface area contributed by atoms with Crippen molar-refractivity contribution in [3.8, 4) is 0 Å². The average Bonchev–Trinajstić information content (AvgIpc) is 2.73. The van der Waals surface area contributed by atoms with Crippen LogP contribution in [0.4, 0.5) is 0 Å². The first-order valence-electron chi connectivity index (χ1n) is 6.06. The smallest absolute Gasteiger partial charge is 0.358 e. The van der Waals surface area contributed by atoms with Crippen LogP contribution in [0.5, 0.6) is 0 Å². The Bertz CT molecular complexity index is 413. The maximum absolute atomic E-state index is 10.7. The maximum atomic E-state index is 10.7. The van der Waals surface area contributed by atoms with Crippen molar-refractivity contribution in [1.82, 2.24) is 19.9 Å². The third kappa shape index (κ3) is 3.46. The van der Waals surface area contributed by atoms with Crippen LogP contribution in [-0.4, -0.2) is 61.1 Å². The van der Waals surface area contributed by atoms with Crippen LogP contribution in [0.1, 0.15) is 24.3 Å². The molecule has 0 saturated carbocycles. The second-order valence-corrected chi connectivity index (χ2v) is 6.57. The van der Waals surface area contributed by atoms with E-state index in [1.807, 2.05) is 11.8 Å². The first-order valence-corrected chi connectivity index (χ1v) is 7.00. The minimum Gasteiger partial charge on any atom is -0.476 e. The Morgan fingerprint density at radius 1 is 1.44 bits per heavy atom. The molecule has 18 heavy (non-hydrogen) atoms. The minimum atomic E-state index is -1.03. The zero-order chi connectivity index (χ0) is 13.1. The van der Waals surface area contributed by atoms with E-state index in [1.165, 1.54) is 6.20 Å². The van der Waals surface area contributed by atoms with Crippen LogP contribution in [0, 0.1) is 0 Å². The molecule has 1 N–H and O–H groups in total. The average molecular weight is 270 g/mol. The van der Waals surface area contributed by atoms with Crippen LogP contribution in [0.3, 0.4) is 0 Å². The molecule has 0 bridgehead atoms. The molecule has 0 radical (unpaired) electrons. The summed E-state index contributed by atoms with van der Waals surface area (Å²) in [6.07, 6.45) is 1.48. The number of rotatable bonds is 4. The summed E-state index contributed by atoms with van der Waals surface area (Å²) in [5.41, 5.74) is 0.00550. The summed E-state index contributed by atoms with van der Waals surface area (Å²) in [5.74, 6) is -1.03. The zero-order valence-corrected chi connectivity index (χ0v) is 11.4. The minimum absolute atomic E-state index is 0.00550. The predicted octanol–water partition coefficient (Wildman–Crippen LogP) is 0.802. The molecule has 1 aliphatic heterocycles. The number of aromatic carboxylic acids is 1. The van der Waals surface area contributed by atoms with E-state index in [1.54, 1.807) is 4.68 Å². The van der Waals surface area contributed by atoms with E-state index in [0.717, 1.165) is 19.6 Å². The topological polar surface area (TPSA) is 71.2 Å². The normalized spacial score (nSPS) is 25.2. The van der Waals surface area contributed by atoms with Crippen LogP contribution in [0.2, 0.25) is 0 Å². The molecule has 100 valence electrons. The van der Waals surface area contributed by atoms with Crippen molar-refractivity contribution >= 4 is 17.7 Å². The van der Waals surface area contributed by atoms with Gasteiger partial charge in [0.2, 0.25) is 0 Å². The van der Waals surface area contributed by atoms with Crippen molar-refractivity contribution in [2.45, 2.75) is 30.9 Å². The molecule has 2 unspecified atom stereocenters. The Kier molecular flexibility index (Phi) is 4.23. The van der Waals surface area contributed by atoms with Crippen LogP contribution >= 0.6 is 11.8 Å². The van der Waals surface area contributed by atoms with Crippen molar-refractivity contribution in [2.24, 2.45) is 0 Å². The van der Waals surface area contributed by atoms with E-state index in [-0.39, 0.29) is 5.69 Å². The molecule has 1 aromatic heterocycles. The van der Waals surface area contributed by atoms with E-state index in [4.69, 9.17) is 5.11 Å². The molecule has 6 nitrogen and oxygen atoms in total. The Hall–Kier alpha value is -1.08. The number of carboxylic acids is 1. The van der Waals surface area contributed by atoms with Crippen molar-refractivity contribution in [1.29, 1.82) is 0 Å². The third-order valence-corrected chi connectivity index (χ3v) is 4.13. The summed E-state index contributed by atoms with van der Waals surface area (Å²) in [7, 11) is 0. The molecule has 7 heteroatoms. The van der Waals surface area contributed by atoms with E-state index in [2.05, 4.69) is 29.1 Å². The van der Waals surface area contributed by atoms with Crippen molar-refractivity contribution in [3.05, 3.63) is 11.9 Å². The van der Waals surface area contributed by atoms with Gasteiger partial charge in [0.1, 0.15) is 0 Å². The van der Waals surface area contributed by atoms with Gasteiger partial charge < -0.3 is 5.11 Å². The molecule has 1 fully saturated rings. The fraction of sp³-hybridized carbons (Fsp3) is 0.727. The van der Waals surface area contributed by atoms with Gasteiger partial charge in [0.25, 0.3) is 0 Å². The molecule has 2 atom stereocenters. The molecule has 2 rings (SSSR count). The van der Waals surface area contributed by atoms with Crippen LogP contribution in [0.15, 0.2) is 6.20 Å². The Balaban J connectivity index is 1.85. The predicted molar refractivity (Wildman–Crippen MR) is 69.9 cm³/mol. The molecule has 1 aromatic rings. The summed E-state index contributed by atoms with van der Waals surface area (Å²) < 4.78 is 1.60. The SMILES string of the molecule is CC1CN(CCn2cc(C(=O)O)nn2)CC(C)S1. The van der Waals surface area contributed by atoms with Gasteiger partial charge in [0, 0.05) is 30.1 Å². The molecule has 0 spiro atoms. The number of thioether (sulfide) groups is 1. The number of carboxylic acid groups (broad SMARTS) is 1. The van der Waals surface area contributed by atoms with Gasteiger partial charge in [-0.25, -0.2) is 4.79 Å². The first kappa shape index (κ1) is 13.4. The van der Waals surface area contributed by atoms with Gasteiger partial charge in [-0.2, -0.15) is 11.8 Å². The highest BCUT2D eigenvalue weighted by molar-refractivity contribution is 8.00. The van der Waals surface area contributed by atoms with Crippen molar-refractivity contribution < 1.29 is 9.90 Å². The molecule has 1 saturated heterocycles. The summed E-state index contributed by atoms with van der Waals surface area (Å²) in [6.45, 7) is 8.21. The standard InChI is InChI=1S/C11H18N4O2S/c1-8-5-14(6-9(2)18-8)3-4-15-7-10(11(16)17)12-13-15/h7-9H,3-6H2,1-2H3,(H,16,17). The lowest BCUT2D eigenvalue weighted by molar-refractivity contribution is 0.0690.